The lowest BCUT2D eigenvalue weighted by Gasteiger charge is -2.26. The van der Waals surface area contributed by atoms with Crippen LogP contribution in [0.25, 0.3) is 0 Å². The van der Waals surface area contributed by atoms with Crippen molar-refractivity contribution in [3.05, 3.63) is 59.3 Å². The molecule has 1 fully saturated rings. The highest BCUT2D eigenvalue weighted by Crippen LogP contribution is 2.30. The highest BCUT2D eigenvalue weighted by molar-refractivity contribution is 7.87. The Bertz CT molecular complexity index is 1200. The molecule has 2 amide bonds. The molecule has 2 rings (SSSR count). The second-order valence-electron chi connectivity index (χ2n) is 7.32. The molecule has 1 heterocycles. The Labute approximate surface area is 200 Å². The van der Waals surface area contributed by atoms with E-state index in [1.54, 1.807) is 0 Å². The summed E-state index contributed by atoms with van der Waals surface area (Å²) in [6, 6.07) is 0. The molecule has 188 valence electrons. The lowest BCUT2D eigenvalue weighted by atomic mass is 9.96. The first-order valence-corrected chi connectivity index (χ1v) is 11.8. The van der Waals surface area contributed by atoms with Crippen LogP contribution in [0.2, 0.25) is 0 Å². The number of hydroxylamine groups is 2. The first kappa shape index (κ1) is 27.8. The maximum absolute atomic E-state index is 12.7. The average molecular weight is 513 g/mol. The lowest BCUT2D eigenvalue weighted by molar-refractivity contribution is -0.170. The molecule has 0 spiro atoms. The van der Waals surface area contributed by atoms with Crippen molar-refractivity contribution in [1.82, 2.24) is 5.06 Å². The number of nitrogens with zero attached hydrogens (tertiary/aromatic N) is 1. The number of piperidine rings is 1. The predicted octanol–water partition coefficient (Wildman–Crippen LogP) is 3.56. The lowest BCUT2D eigenvalue weighted by Crippen LogP contribution is -2.46. The van der Waals surface area contributed by atoms with Crippen LogP contribution in [0.3, 0.4) is 0 Å². The van der Waals surface area contributed by atoms with Crippen LogP contribution in [0, 0.1) is 11.8 Å². The van der Waals surface area contributed by atoms with Gasteiger partial charge in [-0.2, -0.15) is 21.6 Å². The second-order valence-corrected chi connectivity index (χ2v) is 8.84. The van der Waals surface area contributed by atoms with E-state index in [2.05, 4.69) is 22.7 Å². The molecule has 12 heteroatoms. The molecule has 1 aliphatic heterocycles. The standard InChI is InChI=1S/C23H22F3NO7S/c1-3-4-5-11-20(28)33-14-7-10-17-12-13-19-15-18(9-6-8-16(17)2)21(29)27(22(19)30)34-35(31,32)23(24,25)26/h6,8-9,12-13H,2-5,11,14-15H2,1H3/b8-6-,17-12?,18-9+,19-13+. The summed E-state index contributed by atoms with van der Waals surface area (Å²) < 4.78 is 69.6. The van der Waals surface area contributed by atoms with Crippen molar-refractivity contribution in [2.75, 3.05) is 6.61 Å². The minimum Gasteiger partial charge on any atom is -0.452 e. The number of imide groups is 1. The number of amides is 2. The summed E-state index contributed by atoms with van der Waals surface area (Å²) in [6.45, 7) is 5.64. The van der Waals surface area contributed by atoms with Gasteiger partial charge in [0.25, 0.3) is 11.8 Å². The molecule has 35 heavy (non-hydrogen) atoms. The molecule has 2 bridgehead atoms. The summed E-state index contributed by atoms with van der Waals surface area (Å²) >= 11 is 0. The highest BCUT2D eigenvalue weighted by Gasteiger charge is 2.51. The molecule has 0 aromatic carbocycles. The number of carbonyl (C=O) groups excluding carboxylic acids is 3. The van der Waals surface area contributed by atoms with Gasteiger partial charge < -0.3 is 4.74 Å². The van der Waals surface area contributed by atoms with E-state index in [0.29, 0.717) is 12.0 Å². The van der Waals surface area contributed by atoms with E-state index < -0.39 is 38.5 Å². The van der Waals surface area contributed by atoms with Gasteiger partial charge >= 0.3 is 21.6 Å². The van der Waals surface area contributed by atoms with Gasteiger partial charge in [0.15, 0.2) is 6.61 Å². The van der Waals surface area contributed by atoms with Crippen molar-refractivity contribution in [1.29, 1.82) is 0 Å². The van der Waals surface area contributed by atoms with Gasteiger partial charge in [0.2, 0.25) is 0 Å². The average Bonchev–Trinajstić information content (AvgIpc) is 2.77. The number of alkyl halides is 3. The Morgan fingerprint density at radius 3 is 2.43 bits per heavy atom. The fourth-order valence-corrected chi connectivity index (χ4v) is 3.22. The molecule has 0 saturated carbocycles. The number of esters is 1. The van der Waals surface area contributed by atoms with Crippen LogP contribution in [0.1, 0.15) is 39.0 Å². The Hall–Kier alpha value is -3.43. The third-order valence-corrected chi connectivity index (χ3v) is 5.57. The van der Waals surface area contributed by atoms with E-state index >= 15 is 0 Å². The number of hydrogen-bond donors (Lipinski definition) is 0. The van der Waals surface area contributed by atoms with E-state index in [-0.39, 0.29) is 36.2 Å². The summed E-state index contributed by atoms with van der Waals surface area (Å²) in [5.74, 6) is 2.26. The second kappa shape index (κ2) is 11.8. The summed E-state index contributed by atoms with van der Waals surface area (Å²) in [6.07, 6.45) is 9.04. The number of carbonyl (C=O) groups is 3. The molecular formula is C23H22F3NO7S. The number of ether oxygens (including phenoxy) is 1. The van der Waals surface area contributed by atoms with Gasteiger partial charge in [-0.15, -0.1) is 9.35 Å². The van der Waals surface area contributed by atoms with Crippen molar-refractivity contribution in [2.45, 2.75) is 44.5 Å². The molecular weight excluding hydrogens is 491 g/mol. The summed E-state index contributed by atoms with van der Waals surface area (Å²) in [5.41, 5.74) is -5.60. The van der Waals surface area contributed by atoms with Crippen LogP contribution in [0.4, 0.5) is 13.2 Å². The first-order valence-electron chi connectivity index (χ1n) is 10.4. The Kier molecular flexibility index (Phi) is 9.39. The zero-order valence-corrected chi connectivity index (χ0v) is 19.5. The SMILES string of the molecule is C=C1/C=C\C=C2/C/C(=C\C=C1C#CCOC(=O)CCCCC)C(=O)N(OS(=O)(=O)C(F)(F)F)C2=O. The van der Waals surface area contributed by atoms with Gasteiger partial charge in [0.1, 0.15) is 0 Å². The van der Waals surface area contributed by atoms with Crippen molar-refractivity contribution >= 4 is 27.9 Å². The Morgan fingerprint density at radius 2 is 1.80 bits per heavy atom. The molecule has 0 radical (unpaired) electrons. The minimum absolute atomic E-state index is 0.185. The van der Waals surface area contributed by atoms with Crippen molar-refractivity contribution < 1.29 is 45.0 Å². The van der Waals surface area contributed by atoms with Crippen LogP contribution in [0.15, 0.2) is 59.3 Å². The number of rotatable bonds is 7. The van der Waals surface area contributed by atoms with Crippen molar-refractivity contribution in [2.24, 2.45) is 0 Å². The van der Waals surface area contributed by atoms with Crippen LogP contribution >= 0.6 is 0 Å². The van der Waals surface area contributed by atoms with E-state index in [0.717, 1.165) is 12.8 Å². The number of allylic oxidation sites excluding steroid dienone is 7. The Morgan fingerprint density at radius 1 is 1.14 bits per heavy atom. The van der Waals surface area contributed by atoms with Crippen LogP contribution in [-0.2, 0) is 33.5 Å². The van der Waals surface area contributed by atoms with Crippen molar-refractivity contribution in [3.8, 4) is 11.8 Å². The smallest absolute Gasteiger partial charge is 0.452 e. The van der Waals surface area contributed by atoms with Gasteiger partial charge in [0, 0.05) is 29.6 Å². The van der Waals surface area contributed by atoms with Gasteiger partial charge in [-0.1, -0.05) is 62.5 Å². The number of fused-ring (bicyclic) bond motifs is 2. The number of halogens is 3. The van der Waals surface area contributed by atoms with Crippen molar-refractivity contribution in [3.63, 3.8) is 0 Å². The Balaban J connectivity index is 2.27. The monoisotopic (exact) mass is 513 g/mol. The summed E-state index contributed by atoms with van der Waals surface area (Å²) in [4.78, 5) is 36.6. The molecule has 2 aliphatic rings. The molecule has 1 saturated heterocycles. The highest BCUT2D eigenvalue weighted by atomic mass is 32.2. The molecule has 8 nitrogen and oxygen atoms in total. The van der Waals surface area contributed by atoms with E-state index in [1.165, 1.54) is 30.4 Å². The third-order valence-electron chi connectivity index (χ3n) is 4.66. The fourth-order valence-electron chi connectivity index (χ4n) is 2.80. The van der Waals surface area contributed by atoms with E-state index in [4.69, 9.17) is 4.74 Å². The predicted molar refractivity (Wildman–Crippen MR) is 118 cm³/mol. The molecule has 0 unspecified atom stereocenters. The molecule has 0 aromatic heterocycles. The van der Waals surface area contributed by atoms with Crippen LogP contribution < -0.4 is 0 Å². The maximum atomic E-state index is 12.7. The van der Waals surface area contributed by atoms with E-state index in [1.807, 2.05) is 6.92 Å². The largest absolute Gasteiger partial charge is 0.525 e. The van der Waals surface area contributed by atoms with Gasteiger partial charge in [-0.25, -0.2) is 0 Å². The number of hydrogen-bond acceptors (Lipinski definition) is 7. The van der Waals surface area contributed by atoms with Crippen LogP contribution in [-0.4, -0.2) is 43.4 Å². The van der Waals surface area contributed by atoms with Gasteiger partial charge in [0.05, 0.1) is 0 Å². The van der Waals surface area contributed by atoms with E-state index in [9.17, 15) is 36.0 Å². The molecule has 0 aromatic rings. The zero-order chi connectivity index (χ0) is 26.2. The number of unbranched alkanes of at least 4 members (excludes halogenated alkanes) is 2. The molecule has 0 N–H and O–H groups in total. The van der Waals surface area contributed by atoms with Crippen LogP contribution in [0.5, 0.6) is 0 Å². The topological polar surface area (TPSA) is 107 Å². The molecule has 0 atom stereocenters. The third kappa shape index (κ3) is 7.53. The molecule has 1 aliphatic carbocycles. The minimum atomic E-state index is -6.26. The zero-order valence-electron chi connectivity index (χ0n) is 18.7. The normalized spacial score (nSPS) is 20.5. The first-order chi connectivity index (χ1) is 16.4. The van der Waals surface area contributed by atoms with Gasteiger partial charge in [-0.3, -0.25) is 14.4 Å². The summed E-state index contributed by atoms with van der Waals surface area (Å²) in [7, 11) is -6.26. The maximum Gasteiger partial charge on any atom is 0.525 e. The summed E-state index contributed by atoms with van der Waals surface area (Å²) in [5, 5.41) is -0.439. The quantitative estimate of drug-likeness (QED) is 0.168. The van der Waals surface area contributed by atoms with Gasteiger partial charge in [-0.05, 0) is 18.1 Å². The fraction of sp³-hybridized carbons (Fsp3) is 0.348.